The Morgan fingerprint density at radius 2 is 1.96 bits per heavy atom. The number of aliphatic imine (C=N–C) groups is 1. The summed E-state index contributed by atoms with van der Waals surface area (Å²) in [5.41, 5.74) is 2.15. The third-order valence-electron chi connectivity index (χ3n) is 3.34. The minimum atomic E-state index is 0.570. The molecule has 0 saturated heterocycles. The van der Waals surface area contributed by atoms with Gasteiger partial charge < -0.3 is 10.6 Å². The van der Waals surface area contributed by atoms with Gasteiger partial charge in [0.05, 0.1) is 12.2 Å². The Balaban J connectivity index is 1.79. The monoisotopic (exact) mass is 330 g/mol. The van der Waals surface area contributed by atoms with Gasteiger partial charge >= 0.3 is 0 Å². The van der Waals surface area contributed by atoms with Crippen molar-refractivity contribution < 1.29 is 0 Å². The molecule has 1 aromatic carbocycles. The summed E-state index contributed by atoms with van der Waals surface area (Å²) in [7, 11) is 0. The Kier molecular flexibility index (Phi) is 7.40. The molecule has 1 aromatic heterocycles. The van der Waals surface area contributed by atoms with Crippen LogP contribution in [0.25, 0.3) is 0 Å². The molecule has 0 spiro atoms. The van der Waals surface area contributed by atoms with E-state index in [0.29, 0.717) is 6.54 Å². The number of aryl methyl sites for hydroxylation is 1. The van der Waals surface area contributed by atoms with Gasteiger partial charge in [-0.2, -0.15) is 0 Å². The smallest absolute Gasteiger partial charge is 0.191 e. The zero-order valence-electron chi connectivity index (χ0n) is 13.4. The van der Waals surface area contributed by atoms with Crippen molar-refractivity contribution in [2.24, 2.45) is 4.99 Å². The number of nitrogens with one attached hydrogen (secondary N) is 2. The number of benzene rings is 1. The second-order valence-electron chi connectivity index (χ2n) is 5.14. The van der Waals surface area contributed by atoms with Crippen LogP contribution in [-0.4, -0.2) is 24.0 Å². The van der Waals surface area contributed by atoms with Gasteiger partial charge in [-0.15, -0.1) is 0 Å². The number of aromatic nitrogens is 1. The quantitative estimate of drug-likeness (QED) is 0.464. The molecule has 23 heavy (non-hydrogen) atoms. The minimum absolute atomic E-state index is 0.570. The van der Waals surface area contributed by atoms with Crippen LogP contribution in [0.3, 0.4) is 0 Å². The van der Waals surface area contributed by atoms with E-state index in [1.165, 1.54) is 5.56 Å². The molecular formula is C18H23ClN4. The van der Waals surface area contributed by atoms with Gasteiger partial charge in [0.2, 0.25) is 0 Å². The molecule has 2 rings (SSSR count). The number of hydrogen-bond donors (Lipinski definition) is 2. The zero-order valence-corrected chi connectivity index (χ0v) is 14.2. The van der Waals surface area contributed by atoms with Crippen molar-refractivity contribution in [3.63, 3.8) is 0 Å². The summed E-state index contributed by atoms with van der Waals surface area (Å²) in [4.78, 5) is 8.83. The maximum atomic E-state index is 6.17. The van der Waals surface area contributed by atoms with E-state index < -0.39 is 0 Å². The molecule has 1 heterocycles. The van der Waals surface area contributed by atoms with Crippen LogP contribution in [0.4, 0.5) is 0 Å². The van der Waals surface area contributed by atoms with Crippen molar-refractivity contribution in [1.82, 2.24) is 15.6 Å². The standard InChI is InChI=1S/C18H23ClN4/c1-2-20-18(23-14-16-10-5-6-12-21-16)22-13-7-9-15-8-3-4-11-17(15)19/h3-6,8,10-12H,2,7,9,13-14H2,1H3,(H2,20,22,23). The van der Waals surface area contributed by atoms with Crippen molar-refractivity contribution in [1.29, 1.82) is 0 Å². The lowest BCUT2D eigenvalue weighted by molar-refractivity contribution is 0.743. The third kappa shape index (κ3) is 6.28. The van der Waals surface area contributed by atoms with E-state index in [9.17, 15) is 0 Å². The highest BCUT2D eigenvalue weighted by Gasteiger charge is 2.00. The molecule has 0 atom stereocenters. The van der Waals surface area contributed by atoms with Crippen molar-refractivity contribution in [3.05, 3.63) is 64.9 Å². The summed E-state index contributed by atoms with van der Waals surface area (Å²) in [6, 6.07) is 13.8. The zero-order chi connectivity index (χ0) is 16.3. The predicted octanol–water partition coefficient (Wildman–Crippen LogP) is 3.42. The van der Waals surface area contributed by atoms with Gasteiger partial charge in [0.25, 0.3) is 0 Å². The number of nitrogens with zero attached hydrogens (tertiary/aromatic N) is 2. The number of halogens is 1. The van der Waals surface area contributed by atoms with E-state index in [2.05, 4.69) is 33.6 Å². The van der Waals surface area contributed by atoms with Gasteiger partial charge in [0, 0.05) is 24.3 Å². The van der Waals surface area contributed by atoms with Crippen LogP contribution in [0.5, 0.6) is 0 Å². The molecule has 2 aromatic rings. The first-order chi connectivity index (χ1) is 11.3. The van der Waals surface area contributed by atoms with Crippen molar-refractivity contribution in [2.75, 3.05) is 13.1 Å². The normalized spacial score (nSPS) is 11.3. The van der Waals surface area contributed by atoms with E-state index in [1.807, 2.05) is 36.4 Å². The van der Waals surface area contributed by atoms with Gasteiger partial charge in [0.15, 0.2) is 5.96 Å². The molecule has 4 nitrogen and oxygen atoms in total. The molecule has 0 aliphatic heterocycles. The lowest BCUT2D eigenvalue weighted by atomic mass is 10.1. The molecule has 0 amide bonds. The summed E-state index contributed by atoms with van der Waals surface area (Å²) in [5, 5.41) is 7.43. The van der Waals surface area contributed by atoms with E-state index in [1.54, 1.807) is 6.20 Å². The Bertz CT molecular complexity index is 613. The summed E-state index contributed by atoms with van der Waals surface area (Å²) in [6.07, 6.45) is 3.73. The highest BCUT2D eigenvalue weighted by atomic mass is 35.5. The average Bonchev–Trinajstić information content (AvgIpc) is 2.59. The van der Waals surface area contributed by atoms with Gasteiger partial charge in [0.1, 0.15) is 0 Å². The molecule has 5 heteroatoms. The fourth-order valence-electron chi connectivity index (χ4n) is 2.18. The van der Waals surface area contributed by atoms with Crippen LogP contribution < -0.4 is 10.6 Å². The van der Waals surface area contributed by atoms with Crippen molar-refractivity contribution in [3.8, 4) is 0 Å². The summed E-state index contributed by atoms with van der Waals surface area (Å²) in [6.45, 7) is 4.31. The second kappa shape index (κ2) is 9.85. The molecule has 0 aliphatic carbocycles. The summed E-state index contributed by atoms with van der Waals surface area (Å²) < 4.78 is 0. The van der Waals surface area contributed by atoms with Gasteiger partial charge in [-0.05, 0) is 43.5 Å². The maximum absolute atomic E-state index is 6.17. The lowest BCUT2D eigenvalue weighted by Gasteiger charge is -2.11. The maximum Gasteiger partial charge on any atom is 0.191 e. The van der Waals surface area contributed by atoms with Crippen LogP contribution in [0.2, 0.25) is 5.02 Å². The van der Waals surface area contributed by atoms with Gasteiger partial charge in [-0.3, -0.25) is 4.98 Å². The molecule has 0 radical (unpaired) electrons. The van der Waals surface area contributed by atoms with E-state index >= 15 is 0 Å². The van der Waals surface area contributed by atoms with Crippen molar-refractivity contribution in [2.45, 2.75) is 26.3 Å². The molecular weight excluding hydrogens is 308 g/mol. The fourth-order valence-corrected chi connectivity index (χ4v) is 2.41. The van der Waals surface area contributed by atoms with Crippen molar-refractivity contribution >= 4 is 17.6 Å². The Morgan fingerprint density at radius 1 is 1.13 bits per heavy atom. The highest BCUT2D eigenvalue weighted by Crippen LogP contribution is 2.16. The first kappa shape index (κ1) is 17.3. The lowest BCUT2D eigenvalue weighted by Crippen LogP contribution is -2.37. The first-order valence-electron chi connectivity index (χ1n) is 7.95. The molecule has 0 unspecified atom stereocenters. The number of hydrogen-bond acceptors (Lipinski definition) is 2. The molecule has 2 N–H and O–H groups in total. The van der Waals surface area contributed by atoms with Crippen LogP contribution in [0, 0.1) is 0 Å². The highest BCUT2D eigenvalue weighted by molar-refractivity contribution is 6.31. The molecule has 0 fully saturated rings. The molecule has 0 bridgehead atoms. The number of rotatable bonds is 7. The Labute approximate surface area is 143 Å². The van der Waals surface area contributed by atoms with Crippen LogP contribution in [-0.2, 0) is 13.0 Å². The summed E-state index contributed by atoms with van der Waals surface area (Å²) in [5.74, 6) is 0.817. The fraction of sp³-hybridized carbons (Fsp3) is 0.333. The van der Waals surface area contributed by atoms with E-state index in [0.717, 1.165) is 42.6 Å². The molecule has 0 saturated carbocycles. The largest absolute Gasteiger partial charge is 0.357 e. The van der Waals surface area contributed by atoms with E-state index in [-0.39, 0.29) is 0 Å². The van der Waals surface area contributed by atoms with Crippen LogP contribution in [0.1, 0.15) is 24.6 Å². The molecule has 0 aliphatic rings. The van der Waals surface area contributed by atoms with Gasteiger partial charge in [-0.1, -0.05) is 35.9 Å². The van der Waals surface area contributed by atoms with E-state index in [4.69, 9.17) is 11.6 Å². The molecule has 122 valence electrons. The SMILES string of the molecule is CCNC(=NCc1ccccn1)NCCCc1ccccc1Cl. The minimum Gasteiger partial charge on any atom is -0.357 e. The first-order valence-corrected chi connectivity index (χ1v) is 8.33. The predicted molar refractivity (Wildman–Crippen MR) is 96.8 cm³/mol. The number of guanidine groups is 1. The topological polar surface area (TPSA) is 49.3 Å². The Hall–Kier alpha value is -2.07. The van der Waals surface area contributed by atoms with Crippen LogP contribution in [0.15, 0.2) is 53.7 Å². The van der Waals surface area contributed by atoms with Crippen LogP contribution >= 0.6 is 11.6 Å². The summed E-state index contributed by atoms with van der Waals surface area (Å²) >= 11 is 6.17. The second-order valence-corrected chi connectivity index (χ2v) is 5.55. The van der Waals surface area contributed by atoms with Gasteiger partial charge in [-0.25, -0.2) is 4.99 Å². The third-order valence-corrected chi connectivity index (χ3v) is 3.71. The number of pyridine rings is 1. The average molecular weight is 331 g/mol. The Morgan fingerprint density at radius 3 is 2.70 bits per heavy atom.